The Morgan fingerprint density at radius 3 is 2.74 bits per heavy atom. The summed E-state index contributed by atoms with van der Waals surface area (Å²) in [5, 5.41) is 3.86. The van der Waals surface area contributed by atoms with Crippen LogP contribution in [0.15, 0.2) is 57.2 Å². The molecule has 102 valence electrons. The zero-order valence-electron chi connectivity index (χ0n) is 11.7. The number of hydrogen-bond acceptors (Lipinski definition) is 2. The average Bonchev–Trinajstić information content (AvgIpc) is 2.42. The maximum atomic E-state index is 5.71. The van der Waals surface area contributed by atoms with Crippen LogP contribution in [0, 0.1) is 0 Å². The molecule has 3 nitrogen and oxygen atoms in total. The lowest BCUT2D eigenvalue weighted by Crippen LogP contribution is -2.34. The minimum Gasteiger partial charge on any atom is -0.339 e. The number of halogens is 1. The lowest BCUT2D eigenvalue weighted by atomic mass is 10.0. The average molecular weight is 278 g/mol. The first-order chi connectivity index (χ1) is 9.12. The van der Waals surface area contributed by atoms with Gasteiger partial charge in [-0.2, -0.15) is 0 Å². The fourth-order valence-electron chi connectivity index (χ4n) is 1.84. The highest BCUT2D eigenvalue weighted by atomic mass is 35.5. The third-order valence-corrected chi connectivity index (χ3v) is 2.98. The van der Waals surface area contributed by atoms with E-state index in [2.05, 4.69) is 34.0 Å². The summed E-state index contributed by atoms with van der Waals surface area (Å²) in [5.74, 6) is 0.838. The summed E-state index contributed by atoms with van der Waals surface area (Å²) in [6.07, 6.45) is 9.63. The van der Waals surface area contributed by atoms with Gasteiger partial charge in [0.15, 0.2) is 0 Å². The topological polar surface area (TPSA) is 36.8 Å². The number of allylic oxidation sites excluding steroid dienone is 6. The normalized spacial score (nSPS) is 20.8. The molecule has 0 spiro atoms. The summed E-state index contributed by atoms with van der Waals surface area (Å²) in [6.45, 7) is 5.65. The highest BCUT2D eigenvalue weighted by molar-refractivity contribution is 6.42. The van der Waals surface area contributed by atoms with Crippen LogP contribution in [0.25, 0.3) is 0 Å². The van der Waals surface area contributed by atoms with Crippen molar-refractivity contribution in [1.29, 1.82) is 0 Å². The zero-order valence-corrected chi connectivity index (χ0v) is 12.5. The van der Waals surface area contributed by atoms with Gasteiger partial charge in [0.2, 0.25) is 0 Å². The van der Waals surface area contributed by atoms with Gasteiger partial charge < -0.3 is 5.32 Å². The quantitative estimate of drug-likeness (QED) is 0.783. The number of amidine groups is 1. The van der Waals surface area contributed by atoms with E-state index in [0.717, 1.165) is 30.1 Å². The molecule has 1 heterocycles. The van der Waals surface area contributed by atoms with Gasteiger partial charge in [0.05, 0.1) is 5.71 Å². The molecule has 0 atom stereocenters. The number of rotatable bonds is 4. The Hall–Kier alpha value is -1.61. The molecule has 1 rings (SSSR count). The van der Waals surface area contributed by atoms with Crippen molar-refractivity contribution >= 4 is 23.1 Å². The summed E-state index contributed by atoms with van der Waals surface area (Å²) < 4.78 is 0. The van der Waals surface area contributed by atoms with Gasteiger partial charge >= 0.3 is 0 Å². The second-order valence-electron chi connectivity index (χ2n) is 4.06. The van der Waals surface area contributed by atoms with Crippen LogP contribution in [0.4, 0.5) is 0 Å². The summed E-state index contributed by atoms with van der Waals surface area (Å²) in [4.78, 5) is 8.45. The van der Waals surface area contributed by atoms with Crippen molar-refractivity contribution < 1.29 is 0 Å². The van der Waals surface area contributed by atoms with Crippen LogP contribution in [-0.4, -0.2) is 25.6 Å². The fourth-order valence-corrected chi connectivity index (χ4v) is 1.93. The molecular weight excluding hydrogens is 258 g/mol. The minimum atomic E-state index is 0.539. The molecule has 0 fully saturated rings. The SMILES string of the molecule is C=C(Cl)/C=C\C/C(=C\C)C1=CCC(=NC)C(=NC)N1. The van der Waals surface area contributed by atoms with Gasteiger partial charge in [-0.1, -0.05) is 36.4 Å². The van der Waals surface area contributed by atoms with Gasteiger partial charge in [0.25, 0.3) is 0 Å². The van der Waals surface area contributed by atoms with Crippen molar-refractivity contribution in [2.24, 2.45) is 9.98 Å². The largest absolute Gasteiger partial charge is 0.339 e. The van der Waals surface area contributed by atoms with Crippen molar-refractivity contribution in [1.82, 2.24) is 5.32 Å². The highest BCUT2D eigenvalue weighted by Crippen LogP contribution is 2.17. The maximum absolute atomic E-state index is 5.71. The Labute approximate surface area is 120 Å². The third-order valence-electron chi connectivity index (χ3n) is 2.85. The van der Waals surface area contributed by atoms with Crippen molar-refractivity contribution in [3.8, 4) is 0 Å². The molecule has 0 saturated carbocycles. The molecule has 1 aliphatic heterocycles. The standard InChI is InChI=1S/C15H20ClN3/c1-5-12(8-6-7-11(2)16)13-9-10-14(17-3)15(18-4)19-13/h5-7,9H,2,8,10H2,1,3-4H3,(H,18,19)/b7-6-,12-5+,17-14?. The van der Waals surface area contributed by atoms with Crippen molar-refractivity contribution in [3.63, 3.8) is 0 Å². The van der Waals surface area contributed by atoms with Gasteiger partial charge in [-0.15, -0.1) is 0 Å². The number of hydrogen-bond donors (Lipinski definition) is 1. The molecule has 0 bridgehead atoms. The van der Waals surface area contributed by atoms with E-state index in [0.29, 0.717) is 5.03 Å². The molecule has 0 aliphatic carbocycles. The smallest absolute Gasteiger partial charge is 0.147 e. The van der Waals surface area contributed by atoms with Crippen LogP contribution < -0.4 is 5.32 Å². The van der Waals surface area contributed by atoms with Crippen LogP contribution in [0.1, 0.15) is 19.8 Å². The molecule has 0 aromatic heterocycles. The number of nitrogens with one attached hydrogen (secondary N) is 1. The Morgan fingerprint density at radius 1 is 1.47 bits per heavy atom. The Bertz CT molecular complexity index is 494. The van der Waals surface area contributed by atoms with Gasteiger partial charge in [-0.05, 0) is 25.0 Å². The lowest BCUT2D eigenvalue weighted by Gasteiger charge is -2.20. The van der Waals surface area contributed by atoms with E-state index in [4.69, 9.17) is 11.6 Å². The second kappa shape index (κ2) is 7.74. The monoisotopic (exact) mass is 277 g/mol. The molecule has 4 heteroatoms. The zero-order chi connectivity index (χ0) is 14.3. The third kappa shape index (κ3) is 4.52. The lowest BCUT2D eigenvalue weighted by molar-refractivity contribution is 1.04. The number of nitrogens with zero attached hydrogens (tertiary/aromatic N) is 2. The second-order valence-corrected chi connectivity index (χ2v) is 4.54. The van der Waals surface area contributed by atoms with Crippen LogP contribution in [0.3, 0.4) is 0 Å². The molecule has 0 unspecified atom stereocenters. The first-order valence-corrected chi connectivity index (χ1v) is 6.56. The van der Waals surface area contributed by atoms with E-state index in [1.165, 1.54) is 5.57 Å². The van der Waals surface area contributed by atoms with Crippen LogP contribution in [-0.2, 0) is 0 Å². The van der Waals surface area contributed by atoms with E-state index < -0.39 is 0 Å². The van der Waals surface area contributed by atoms with Gasteiger partial charge in [0, 0.05) is 31.2 Å². The molecular formula is C15H20ClN3. The van der Waals surface area contributed by atoms with Crippen molar-refractivity contribution in [2.45, 2.75) is 19.8 Å². The van der Waals surface area contributed by atoms with Crippen LogP contribution in [0.5, 0.6) is 0 Å². The van der Waals surface area contributed by atoms with Gasteiger partial charge in [0.1, 0.15) is 5.84 Å². The van der Waals surface area contributed by atoms with Crippen LogP contribution >= 0.6 is 11.6 Å². The first-order valence-electron chi connectivity index (χ1n) is 6.18. The van der Waals surface area contributed by atoms with E-state index in [9.17, 15) is 0 Å². The predicted octanol–water partition coefficient (Wildman–Crippen LogP) is 3.61. The molecule has 19 heavy (non-hydrogen) atoms. The molecule has 0 aromatic carbocycles. The number of aliphatic imine (C=N–C) groups is 2. The van der Waals surface area contributed by atoms with Gasteiger partial charge in [-0.3, -0.25) is 9.98 Å². The predicted molar refractivity (Wildman–Crippen MR) is 85.1 cm³/mol. The fraction of sp³-hybridized carbons (Fsp3) is 0.333. The summed E-state index contributed by atoms with van der Waals surface area (Å²) in [7, 11) is 3.55. The van der Waals surface area contributed by atoms with Crippen LogP contribution in [0.2, 0.25) is 0 Å². The van der Waals surface area contributed by atoms with E-state index in [1.807, 2.05) is 19.1 Å². The van der Waals surface area contributed by atoms with E-state index in [-0.39, 0.29) is 0 Å². The first kappa shape index (κ1) is 15.4. The Balaban J connectivity index is 2.84. The summed E-state index contributed by atoms with van der Waals surface area (Å²) in [6, 6.07) is 0. The van der Waals surface area contributed by atoms with E-state index >= 15 is 0 Å². The summed E-state index contributed by atoms with van der Waals surface area (Å²) >= 11 is 5.71. The maximum Gasteiger partial charge on any atom is 0.147 e. The Kier molecular flexibility index (Phi) is 6.30. The minimum absolute atomic E-state index is 0.539. The molecule has 0 aromatic rings. The Morgan fingerprint density at radius 2 is 2.21 bits per heavy atom. The molecule has 0 saturated heterocycles. The van der Waals surface area contributed by atoms with Crippen molar-refractivity contribution in [3.05, 3.63) is 47.2 Å². The highest BCUT2D eigenvalue weighted by Gasteiger charge is 2.16. The van der Waals surface area contributed by atoms with Crippen molar-refractivity contribution in [2.75, 3.05) is 14.1 Å². The molecule has 0 amide bonds. The molecule has 1 N–H and O–H groups in total. The van der Waals surface area contributed by atoms with E-state index in [1.54, 1.807) is 14.1 Å². The molecule has 1 aliphatic rings. The van der Waals surface area contributed by atoms with Gasteiger partial charge in [-0.25, -0.2) is 0 Å². The summed E-state index contributed by atoms with van der Waals surface area (Å²) in [5.41, 5.74) is 3.26. The molecule has 0 radical (unpaired) electrons.